The highest BCUT2D eigenvalue weighted by molar-refractivity contribution is 9.10. The molecule has 1 heterocycles. The molecule has 0 spiro atoms. The van der Waals surface area contributed by atoms with Gasteiger partial charge in [-0.05, 0) is 37.1 Å². The Labute approximate surface area is 110 Å². The van der Waals surface area contributed by atoms with Gasteiger partial charge < -0.3 is 5.73 Å². The molecule has 0 saturated carbocycles. The zero-order valence-electron chi connectivity index (χ0n) is 9.86. The summed E-state index contributed by atoms with van der Waals surface area (Å²) >= 11 is 3.45. The van der Waals surface area contributed by atoms with E-state index < -0.39 is 0 Å². The van der Waals surface area contributed by atoms with Gasteiger partial charge in [0.1, 0.15) is 0 Å². The molecule has 0 saturated heterocycles. The van der Waals surface area contributed by atoms with Gasteiger partial charge in [0, 0.05) is 23.3 Å². The Morgan fingerprint density at radius 1 is 1.29 bits per heavy atom. The van der Waals surface area contributed by atoms with Gasteiger partial charge in [0.25, 0.3) is 0 Å². The molecule has 1 aromatic carbocycles. The summed E-state index contributed by atoms with van der Waals surface area (Å²) in [6.45, 7) is 0.705. The summed E-state index contributed by atoms with van der Waals surface area (Å²) in [7, 11) is 1.95. The van der Waals surface area contributed by atoms with Crippen LogP contribution in [0.1, 0.15) is 12.1 Å². The molecule has 4 heteroatoms. The molecule has 2 rings (SSSR count). The van der Waals surface area contributed by atoms with Crippen molar-refractivity contribution in [2.24, 2.45) is 12.8 Å². The number of aryl methyl sites for hydroxylation is 2. The van der Waals surface area contributed by atoms with E-state index in [0.717, 1.165) is 23.0 Å². The predicted molar refractivity (Wildman–Crippen MR) is 73.7 cm³/mol. The minimum Gasteiger partial charge on any atom is -0.330 e. The zero-order valence-corrected chi connectivity index (χ0v) is 11.4. The van der Waals surface area contributed by atoms with E-state index in [1.165, 1.54) is 11.1 Å². The van der Waals surface area contributed by atoms with Gasteiger partial charge in [-0.25, -0.2) is 0 Å². The molecule has 2 aromatic rings. The molecule has 2 N–H and O–H groups in total. The lowest BCUT2D eigenvalue weighted by atomic mass is 10.0. The van der Waals surface area contributed by atoms with E-state index in [4.69, 9.17) is 5.73 Å². The third kappa shape index (κ3) is 2.96. The van der Waals surface area contributed by atoms with E-state index in [1.807, 2.05) is 11.7 Å². The number of halogens is 1. The molecule has 17 heavy (non-hydrogen) atoms. The molecular weight excluding hydrogens is 278 g/mol. The lowest BCUT2D eigenvalue weighted by molar-refractivity contribution is 0.723. The van der Waals surface area contributed by atoms with Crippen molar-refractivity contribution in [1.29, 1.82) is 0 Å². The number of nitrogens with two attached hydrogens (primary N) is 1. The third-order valence-electron chi connectivity index (χ3n) is 2.68. The number of hydrogen-bond donors (Lipinski definition) is 1. The normalized spacial score (nSPS) is 10.8. The smallest absolute Gasteiger partial charge is 0.0703 e. The zero-order chi connectivity index (χ0) is 12.3. The molecule has 0 atom stereocenters. The summed E-state index contributed by atoms with van der Waals surface area (Å²) in [5.41, 5.74) is 9.08. The van der Waals surface area contributed by atoms with Gasteiger partial charge in [0.15, 0.2) is 0 Å². The van der Waals surface area contributed by atoms with Gasteiger partial charge in [0.2, 0.25) is 0 Å². The molecule has 90 valence electrons. The van der Waals surface area contributed by atoms with Gasteiger partial charge in [-0.3, -0.25) is 4.68 Å². The topological polar surface area (TPSA) is 43.8 Å². The Balaban J connectivity index is 2.33. The van der Waals surface area contributed by atoms with Crippen LogP contribution < -0.4 is 5.73 Å². The van der Waals surface area contributed by atoms with Crippen LogP contribution in [-0.4, -0.2) is 16.3 Å². The second kappa shape index (κ2) is 5.47. The van der Waals surface area contributed by atoms with Crippen LogP contribution in [0.5, 0.6) is 0 Å². The Kier molecular flexibility index (Phi) is 3.97. The summed E-state index contributed by atoms with van der Waals surface area (Å²) < 4.78 is 2.96. The van der Waals surface area contributed by atoms with E-state index in [9.17, 15) is 0 Å². The largest absolute Gasteiger partial charge is 0.330 e. The van der Waals surface area contributed by atoms with Crippen LogP contribution in [0.3, 0.4) is 0 Å². The second-order valence-corrected chi connectivity index (χ2v) is 4.98. The monoisotopic (exact) mass is 293 g/mol. The van der Waals surface area contributed by atoms with Crippen molar-refractivity contribution in [3.63, 3.8) is 0 Å². The molecular formula is C13H16BrN3. The number of rotatable bonds is 4. The molecule has 0 aliphatic carbocycles. The fraction of sp³-hybridized carbons (Fsp3) is 0.308. The Bertz CT molecular complexity index is 488. The Morgan fingerprint density at radius 3 is 2.65 bits per heavy atom. The van der Waals surface area contributed by atoms with Crippen LogP contribution in [0, 0.1) is 0 Å². The van der Waals surface area contributed by atoms with E-state index in [2.05, 4.69) is 51.5 Å². The van der Waals surface area contributed by atoms with Crippen LogP contribution in [0.4, 0.5) is 0 Å². The lowest BCUT2D eigenvalue weighted by Crippen LogP contribution is -2.01. The maximum absolute atomic E-state index is 5.55. The molecule has 1 aromatic heterocycles. The van der Waals surface area contributed by atoms with Crippen molar-refractivity contribution >= 4 is 15.9 Å². The van der Waals surface area contributed by atoms with E-state index in [0.29, 0.717) is 6.54 Å². The van der Waals surface area contributed by atoms with Gasteiger partial charge in [0.05, 0.1) is 5.69 Å². The SMILES string of the molecule is Cn1cc(-c2ccc(Br)cc2)c(CCCN)n1. The van der Waals surface area contributed by atoms with Crippen LogP contribution >= 0.6 is 15.9 Å². The molecule has 0 unspecified atom stereocenters. The Morgan fingerprint density at radius 2 is 2.00 bits per heavy atom. The molecule has 0 fully saturated rings. The summed E-state index contributed by atoms with van der Waals surface area (Å²) in [6.07, 6.45) is 3.97. The third-order valence-corrected chi connectivity index (χ3v) is 3.21. The Hall–Kier alpha value is -1.13. The van der Waals surface area contributed by atoms with E-state index >= 15 is 0 Å². The highest BCUT2D eigenvalue weighted by Gasteiger charge is 2.09. The van der Waals surface area contributed by atoms with Crippen LogP contribution in [0.2, 0.25) is 0 Å². The van der Waals surface area contributed by atoms with Crippen LogP contribution in [0.15, 0.2) is 34.9 Å². The molecule has 0 radical (unpaired) electrons. The van der Waals surface area contributed by atoms with Crippen molar-refractivity contribution in [1.82, 2.24) is 9.78 Å². The number of nitrogens with zero attached hydrogens (tertiary/aromatic N) is 2. The van der Waals surface area contributed by atoms with Gasteiger partial charge in [-0.1, -0.05) is 28.1 Å². The minimum atomic E-state index is 0.705. The summed E-state index contributed by atoms with van der Waals surface area (Å²) in [5.74, 6) is 0. The molecule has 0 aliphatic rings. The van der Waals surface area contributed by atoms with Crippen molar-refractivity contribution in [2.75, 3.05) is 6.54 Å². The highest BCUT2D eigenvalue weighted by Crippen LogP contribution is 2.25. The van der Waals surface area contributed by atoms with Crippen molar-refractivity contribution in [3.05, 3.63) is 40.6 Å². The van der Waals surface area contributed by atoms with Crippen molar-refractivity contribution < 1.29 is 0 Å². The first-order chi connectivity index (χ1) is 8.20. The lowest BCUT2D eigenvalue weighted by Gasteiger charge is -2.02. The number of benzene rings is 1. The van der Waals surface area contributed by atoms with Gasteiger partial charge in [-0.2, -0.15) is 5.10 Å². The summed E-state index contributed by atoms with van der Waals surface area (Å²) in [4.78, 5) is 0. The first kappa shape index (κ1) is 12.3. The van der Waals surface area contributed by atoms with Gasteiger partial charge in [-0.15, -0.1) is 0 Å². The molecule has 0 amide bonds. The maximum Gasteiger partial charge on any atom is 0.0703 e. The summed E-state index contributed by atoms with van der Waals surface area (Å²) in [6, 6.07) is 8.31. The van der Waals surface area contributed by atoms with E-state index in [-0.39, 0.29) is 0 Å². The van der Waals surface area contributed by atoms with E-state index in [1.54, 1.807) is 0 Å². The highest BCUT2D eigenvalue weighted by atomic mass is 79.9. The maximum atomic E-state index is 5.55. The first-order valence-corrected chi connectivity index (χ1v) is 6.48. The average Bonchev–Trinajstić information content (AvgIpc) is 2.69. The van der Waals surface area contributed by atoms with Crippen LogP contribution in [-0.2, 0) is 13.5 Å². The number of aromatic nitrogens is 2. The molecule has 3 nitrogen and oxygen atoms in total. The standard InChI is InChI=1S/C13H16BrN3/c1-17-9-12(13(16-17)3-2-8-15)10-4-6-11(14)7-5-10/h4-7,9H,2-3,8,15H2,1H3. The van der Waals surface area contributed by atoms with Crippen molar-refractivity contribution in [2.45, 2.75) is 12.8 Å². The number of hydrogen-bond acceptors (Lipinski definition) is 2. The van der Waals surface area contributed by atoms with Crippen LogP contribution in [0.25, 0.3) is 11.1 Å². The van der Waals surface area contributed by atoms with Gasteiger partial charge >= 0.3 is 0 Å². The fourth-order valence-electron chi connectivity index (χ4n) is 1.86. The molecule has 0 bridgehead atoms. The average molecular weight is 294 g/mol. The quantitative estimate of drug-likeness (QED) is 0.942. The molecule has 0 aliphatic heterocycles. The van der Waals surface area contributed by atoms with Crippen molar-refractivity contribution in [3.8, 4) is 11.1 Å². The minimum absolute atomic E-state index is 0.705. The first-order valence-electron chi connectivity index (χ1n) is 5.69. The predicted octanol–water partition coefficient (Wildman–Crippen LogP) is 2.74. The summed E-state index contributed by atoms with van der Waals surface area (Å²) in [5, 5.41) is 4.50. The second-order valence-electron chi connectivity index (χ2n) is 4.06. The fourth-order valence-corrected chi connectivity index (χ4v) is 2.12.